The lowest BCUT2D eigenvalue weighted by atomic mass is 9.51. The number of aliphatic hydroxyl groups is 2. The van der Waals surface area contributed by atoms with E-state index in [1.54, 1.807) is 17.2 Å². The number of hydrogen-bond acceptors (Lipinski definition) is 3. The Bertz CT molecular complexity index is 564. The summed E-state index contributed by atoms with van der Waals surface area (Å²) < 4.78 is 0. The van der Waals surface area contributed by atoms with Crippen molar-refractivity contribution < 1.29 is 10.2 Å². The number of hydrogen-bond donors (Lipinski definition) is 3. The highest BCUT2D eigenvalue weighted by Gasteiger charge is 2.54. The third kappa shape index (κ3) is 1.85. The van der Waals surface area contributed by atoms with Crippen LogP contribution in [0.5, 0.6) is 0 Å². The first-order valence-corrected chi connectivity index (χ1v) is 8.89. The zero-order valence-corrected chi connectivity index (χ0v) is 13.8. The molecule has 0 unspecified atom stereocenters. The van der Waals surface area contributed by atoms with Crippen LogP contribution in [-0.2, 0) is 0 Å². The molecule has 4 aliphatic carbocycles. The molecular formula is C19H29NO2. The molecule has 0 aromatic carbocycles. The molecule has 0 amide bonds. The first kappa shape index (κ1) is 14.9. The molecule has 122 valence electrons. The van der Waals surface area contributed by atoms with E-state index < -0.39 is 5.79 Å². The van der Waals surface area contributed by atoms with Gasteiger partial charge in [0.1, 0.15) is 0 Å². The maximum Gasteiger partial charge on any atom is 0.182 e. The van der Waals surface area contributed by atoms with Crippen LogP contribution >= 0.6 is 0 Å². The predicted molar refractivity (Wildman–Crippen MR) is 86.8 cm³/mol. The summed E-state index contributed by atoms with van der Waals surface area (Å²) >= 11 is 0. The SMILES string of the molecule is C[C@]12C=CC(O)(O)C[C@H]1CCC1=C3CC[C@H](N)[C@@]3(C)CC[C@@H]12. The fourth-order valence-corrected chi connectivity index (χ4v) is 6.07. The van der Waals surface area contributed by atoms with Crippen LogP contribution in [0, 0.1) is 22.7 Å². The average molecular weight is 303 g/mol. The molecule has 4 rings (SSSR count). The topological polar surface area (TPSA) is 66.5 Å². The van der Waals surface area contributed by atoms with Gasteiger partial charge < -0.3 is 15.9 Å². The highest BCUT2D eigenvalue weighted by Crippen LogP contribution is 2.62. The van der Waals surface area contributed by atoms with E-state index in [4.69, 9.17) is 5.73 Å². The lowest BCUT2D eigenvalue weighted by Crippen LogP contribution is -2.49. The zero-order chi connectivity index (χ0) is 15.8. The van der Waals surface area contributed by atoms with Crippen LogP contribution in [0.25, 0.3) is 0 Å². The summed E-state index contributed by atoms with van der Waals surface area (Å²) in [7, 11) is 0. The van der Waals surface area contributed by atoms with Crippen LogP contribution in [0.2, 0.25) is 0 Å². The van der Waals surface area contributed by atoms with Crippen LogP contribution in [0.15, 0.2) is 23.3 Å². The van der Waals surface area contributed by atoms with Crippen molar-refractivity contribution in [3.63, 3.8) is 0 Å². The maximum atomic E-state index is 9.99. The zero-order valence-electron chi connectivity index (χ0n) is 13.8. The molecule has 22 heavy (non-hydrogen) atoms. The molecule has 0 saturated heterocycles. The van der Waals surface area contributed by atoms with E-state index in [1.807, 2.05) is 0 Å². The second-order valence-electron chi connectivity index (χ2n) is 8.68. The van der Waals surface area contributed by atoms with Gasteiger partial charge in [0.05, 0.1) is 0 Å². The van der Waals surface area contributed by atoms with E-state index >= 15 is 0 Å². The van der Waals surface area contributed by atoms with Gasteiger partial charge in [0.15, 0.2) is 5.79 Å². The van der Waals surface area contributed by atoms with Gasteiger partial charge in [0.25, 0.3) is 0 Å². The van der Waals surface area contributed by atoms with Crippen LogP contribution in [0.3, 0.4) is 0 Å². The lowest BCUT2D eigenvalue weighted by Gasteiger charge is -2.55. The summed E-state index contributed by atoms with van der Waals surface area (Å²) in [5.74, 6) is -0.651. The van der Waals surface area contributed by atoms with Crippen LogP contribution < -0.4 is 5.73 Å². The normalized spacial score (nSPS) is 49.6. The highest BCUT2D eigenvalue weighted by atomic mass is 16.5. The Kier molecular flexibility index (Phi) is 3.03. The molecule has 4 aliphatic rings. The molecule has 0 heterocycles. The fraction of sp³-hybridized carbons (Fsp3) is 0.789. The Morgan fingerprint density at radius 2 is 1.86 bits per heavy atom. The fourth-order valence-electron chi connectivity index (χ4n) is 6.07. The molecule has 0 aromatic heterocycles. The van der Waals surface area contributed by atoms with Gasteiger partial charge in [-0.15, -0.1) is 0 Å². The average Bonchev–Trinajstić information content (AvgIpc) is 2.76. The second-order valence-corrected chi connectivity index (χ2v) is 8.68. The van der Waals surface area contributed by atoms with Crippen molar-refractivity contribution in [2.75, 3.05) is 0 Å². The van der Waals surface area contributed by atoms with Crippen LogP contribution in [0.1, 0.15) is 58.8 Å². The van der Waals surface area contributed by atoms with E-state index in [0.29, 0.717) is 24.3 Å². The minimum atomic E-state index is -1.60. The van der Waals surface area contributed by atoms with E-state index in [9.17, 15) is 10.2 Å². The molecule has 2 saturated carbocycles. The Morgan fingerprint density at radius 3 is 2.64 bits per heavy atom. The summed E-state index contributed by atoms with van der Waals surface area (Å²) in [4.78, 5) is 0. The summed E-state index contributed by atoms with van der Waals surface area (Å²) in [5.41, 5.74) is 10.1. The van der Waals surface area contributed by atoms with Gasteiger partial charge in [0.2, 0.25) is 0 Å². The van der Waals surface area contributed by atoms with Crippen molar-refractivity contribution in [2.45, 2.75) is 70.6 Å². The predicted octanol–water partition coefficient (Wildman–Crippen LogP) is 2.88. The largest absolute Gasteiger partial charge is 0.362 e. The second kappa shape index (κ2) is 4.46. The standard InChI is InChI=1S/C19H29NO2/c1-17-9-10-19(21,22)11-12(17)3-4-13-14-5-6-16(20)18(14,2)8-7-15(13)17/h9-10,12,15-16,21-22H,3-8,11,20H2,1-2H3/t12-,15+,16+,17+,18+/m1/s1. The molecular weight excluding hydrogens is 274 g/mol. The monoisotopic (exact) mass is 303 g/mol. The third-order valence-corrected chi connectivity index (χ3v) is 7.62. The maximum absolute atomic E-state index is 9.99. The third-order valence-electron chi connectivity index (χ3n) is 7.62. The first-order valence-electron chi connectivity index (χ1n) is 8.89. The Labute approximate surface area is 133 Å². The summed E-state index contributed by atoms with van der Waals surface area (Å²) in [6.07, 6.45) is 11.1. The Hall–Kier alpha value is -0.640. The quantitative estimate of drug-likeness (QED) is 0.476. The van der Waals surface area contributed by atoms with Crippen molar-refractivity contribution in [2.24, 2.45) is 28.4 Å². The van der Waals surface area contributed by atoms with Crippen molar-refractivity contribution in [1.82, 2.24) is 0 Å². The minimum absolute atomic E-state index is 0.0869. The minimum Gasteiger partial charge on any atom is -0.362 e. The molecule has 2 fully saturated rings. The van der Waals surface area contributed by atoms with E-state index in [-0.39, 0.29) is 10.8 Å². The first-order chi connectivity index (χ1) is 10.3. The molecule has 0 aromatic rings. The number of rotatable bonds is 0. The molecule has 0 spiro atoms. The van der Waals surface area contributed by atoms with Gasteiger partial charge in [-0.1, -0.05) is 31.1 Å². The molecule has 0 bridgehead atoms. The molecule has 3 nitrogen and oxygen atoms in total. The van der Waals surface area contributed by atoms with Crippen molar-refractivity contribution in [1.29, 1.82) is 0 Å². The molecule has 0 aliphatic heterocycles. The van der Waals surface area contributed by atoms with Gasteiger partial charge in [-0.05, 0) is 61.9 Å². The van der Waals surface area contributed by atoms with Crippen LogP contribution in [0.4, 0.5) is 0 Å². The molecule has 5 atom stereocenters. The van der Waals surface area contributed by atoms with Crippen molar-refractivity contribution in [3.05, 3.63) is 23.3 Å². The Balaban J connectivity index is 1.77. The smallest absolute Gasteiger partial charge is 0.182 e. The summed E-state index contributed by atoms with van der Waals surface area (Å²) in [6, 6.07) is 0.325. The van der Waals surface area contributed by atoms with Crippen molar-refractivity contribution >= 4 is 0 Å². The molecule has 3 heteroatoms. The molecule has 4 N–H and O–H groups in total. The van der Waals surface area contributed by atoms with Gasteiger partial charge in [-0.25, -0.2) is 0 Å². The van der Waals surface area contributed by atoms with Gasteiger partial charge in [0, 0.05) is 17.9 Å². The highest BCUT2D eigenvalue weighted by molar-refractivity contribution is 5.37. The van der Waals surface area contributed by atoms with Crippen LogP contribution in [-0.4, -0.2) is 22.0 Å². The Morgan fingerprint density at radius 1 is 1.09 bits per heavy atom. The van der Waals surface area contributed by atoms with E-state index in [1.165, 1.54) is 19.3 Å². The lowest BCUT2D eigenvalue weighted by molar-refractivity contribution is -0.153. The number of nitrogens with two attached hydrogens (primary N) is 1. The van der Waals surface area contributed by atoms with Crippen molar-refractivity contribution in [3.8, 4) is 0 Å². The number of allylic oxidation sites excluding steroid dienone is 2. The summed E-state index contributed by atoms with van der Waals surface area (Å²) in [5, 5.41) is 20.0. The van der Waals surface area contributed by atoms with Gasteiger partial charge in [-0.3, -0.25) is 0 Å². The molecule has 0 radical (unpaired) electrons. The van der Waals surface area contributed by atoms with E-state index in [0.717, 1.165) is 19.3 Å². The van der Waals surface area contributed by atoms with Gasteiger partial charge >= 0.3 is 0 Å². The van der Waals surface area contributed by atoms with Gasteiger partial charge in [-0.2, -0.15) is 0 Å². The van der Waals surface area contributed by atoms with E-state index in [2.05, 4.69) is 19.9 Å². The summed E-state index contributed by atoms with van der Waals surface area (Å²) in [6.45, 7) is 4.71. The number of fused-ring (bicyclic) bond motifs is 4.